The minimum absolute atomic E-state index is 0.251. The van der Waals surface area contributed by atoms with Gasteiger partial charge in [0.05, 0.1) is 23.7 Å². The predicted octanol–water partition coefficient (Wildman–Crippen LogP) is 0.772. The minimum atomic E-state index is 0.251. The van der Waals surface area contributed by atoms with Gasteiger partial charge in [0, 0.05) is 13.1 Å². The van der Waals surface area contributed by atoms with Crippen molar-refractivity contribution in [1.82, 2.24) is 4.90 Å². The molecule has 0 aliphatic carbocycles. The molecule has 0 amide bonds. The summed E-state index contributed by atoms with van der Waals surface area (Å²) in [7, 11) is 0. The average molecular weight is 202 g/mol. The second-order valence-electron chi connectivity index (χ2n) is 3.50. The van der Waals surface area contributed by atoms with E-state index in [-0.39, 0.29) is 6.04 Å². The van der Waals surface area contributed by atoms with Crippen molar-refractivity contribution in [3.63, 3.8) is 0 Å². The van der Waals surface area contributed by atoms with Crippen LogP contribution >= 0.6 is 12.2 Å². The average Bonchev–Trinajstić information content (AvgIpc) is 2.04. The Balaban J connectivity index is 2.52. The van der Waals surface area contributed by atoms with Crippen molar-refractivity contribution in [1.29, 1.82) is 0 Å². The molecule has 1 fully saturated rings. The smallest absolute Gasteiger partial charge is 0.0901 e. The van der Waals surface area contributed by atoms with Gasteiger partial charge in [0.15, 0.2) is 0 Å². The molecule has 0 spiro atoms. The number of hydrogen-bond donors (Lipinski definition) is 1. The Morgan fingerprint density at radius 1 is 1.77 bits per heavy atom. The van der Waals surface area contributed by atoms with E-state index in [2.05, 4.69) is 18.7 Å². The van der Waals surface area contributed by atoms with Crippen LogP contribution < -0.4 is 5.73 Å². The van der Waals surface area contributed by atoms with Crippen LogP contribution in [0.5, 0.6) is 0 Å². The summed E-state index contributed by atoms with van der Waals surface area (Å²) in [6, 6.07) is 0.251. The Bertz CT molecular complexity index is 186. The fraction of sp³-hybridized carbons (Fsp3) is 0.889. The molecule has 0 saturated carbocycles. The summed E-state index contributed by atoms with van der Waals surface area (Å²) in [5, 5.41) is 0. The molecular weight excluding hydrogens is 184 g/mol. The molecule has 0 aromatic carbocycles. The lowest BCUT2D eigenvalue weighted by molar-refractivity contribution is -0.0251. The molecule has 13 heavy (non-hydrogen) atoms. The first-order chi connectivity index (χ1) is 6.15. The number of ether oxygens (including phenoxy) is 1. The Kier molecular flexibility index (Phi) is 4.09. The van der Waals surface area contributed by atoms with Gasteiger partial charge < -0.3 is 10.5 Å². The molecule has 2 unspecified atom stereocenters. The number of hydrogen-bond acceptors (Lipinski definition) is 3. The van der Waals surface area contributed by atoms with Crippen LogP contribution in [-0.4, -0.2) is 41.7 Å². The Labute approximate surface area is 85.2 Å². The van der Waals surface area contributed by atoms with Crippen LogP contribution in [-0.2, 0) is 4.74 Å². The molecule has 1 aliphatic rings. The summed E-state index contributed by atoms with van der Waals surface area (Å²) in [6.45, 7) is 6.87. The highest BCUT2D eigenvalue weighted by Crippen LogP contribution is 2.11. The zero-order valence-electron chi connectivity index (χ0n) is 8.32. The summed E-state index contributed by atoms with van der Waals surface area (Å²) >= 11 is 5.03. The molecule has 0 aromatic heterocycles. The van der Waals surface area contributed by atoms with Gasteiger partial charge in [0.25, 0.3) is 0 Å². The van der Waals surface area contributed by atoms with Crippen LogP contribution in [0.1, 0.15) is 20.3 Å². The summed E-state index contributed by atoms with van der Waals surface area (Å²) in [6.07, 6.45) is 1.29. The monoisotopic (exact) mass is 202 g/mol. The fourth-order valence-electron chi connectivity index (χ4n) is 1.77. The van der Waals surface area contributed by atoms with Crippen molar-refractivity contribution in [2.24, 2.45) is 5.73 Å². The third kappa shape index (κ3) is 2.90. The number of morpholine rings is 1. The molecule has 2 atom stereocenters. The molecule has 1 heterocycles. The molecule has 0 bridgehead atoms. The molecule has 1 aliphatic heterocycles. The molecular formula is C9H18N2OS. The molecule has 2 N–H and O–H groups in total. The van der Waals surface area contributed by atoms with Gasteiger partial charge >= 0.3 is 0 Å². The molecule has 1 rings (SSSR count). The fourth-order valence-corrected chi connectivity index (χ4v) is 2.08. The normalized spacial score (nSPS) is 27.1. The Morgan fingerprint density at radius 3 is 2.92 bits per heavy atom. The van der Waals surface area contributed by atoms with E-state index >= 15 is 0 Å². The molecule has 76 valence electrons. The lowest BCUT2D eigenvalue weighted by atomic mass is 10.1. The maximum Gasteiger partial charge on any atom is 0.0901 e. The quantitative estimate of drug-likeness (QED) is 0.686. The highest BCUT2D eigenvalue weighted by molar-refractivity contribution is 7.80. The second kappa shape index (κ2) is 4.88. The Hall–Kier alpha value is -0.190. The van der Waals surface area contributed by atoms with E-state index in [1.165, 1.54) is 0 Å². The van der Waals surface area contributed by atoms with Crippen molar-refractivity contribution in [2.75, 3.05) is 19.7 Å². The molecule has 0 radical (unpaired) electrons. The number of rotatable bonds is 3. The summed E-state index contributed by atoms with van der Waals surface area (Å²) < 4.78 is 5.46. The predicted molar refractivity (Wildman–Crippen MR) is 57.9 cm³/mol. The van der Waals surface area contributed by atoms with Gasteiger partial charge in [-0.15, -0.1) is 0 Å². The van der Waals surface area contributed by atoms with Crippen LogP contribution in [0.25, 0.3) is 0 Å². The van der Waals surface area contributed by atoms with Crippen molar-refractivity contribution in [2.45, 2.75) is 32.4 Å². The van der Waals surface area contributed by atoms with E-state index < -0.39 is 0 Å². The molecule has 3 nitrogen and oxygen atoms in total. The lowest BCUT2D eigenvalue weighted by Crippen LogP contribution is -2.51. The third-order valence-corrected chi connectivity index (χ3v) is 2.70. The zero-order chi connectivity index (χ0) is 9.84. The van der Waals surface area contributed by atoms with Crippen molar-refractivity contribution < 1.29 is 4.74 Å². The largest absolute Gasteiger partial charge is 0.392 e. The van der Waals surface area contributed by atoms with E-state index in [9.17, 15) is 0 Å². The van der Waals surface area contributed by atoms with E-state index in [1.807, 2.05) is 0 Å². The topological polar surface area (TPSA) is 38.5 Å². The van der Waals surface area contributed by atoms with Crippen LogP contribution in [0.2, 0.25) is 0 Å². The van der Waals surface area contributed by atoms with Crippen molar-refractivity contribution >= 4 is 17.2 Å². The first-order valence-electron chi connectivity index (χ1n) is 4.80. The van der Waals surface area contributed by atoms with Gasteiger partial charge in [-0.2, -0.15) is 0 Å². The van der Waals surface area contributed by atoms with E-state index in [1.54, 1.807) is 0 Å². The highest BCUT2D eigenvalue weighted by atomic mass is 32.1. The van der Waals surface area contributed by atoms with Gasteiger partial charge in [-0.05, 0) is 13.3 Å². The number of thiocarbonyl (C=S) groups is 1. The van der Waals surface area contributed by atoms with E-state index in [0.29, 0.717) is 11.1 Å². The summed E-state index contributed by atoms with van der Waals surface area (Å²) in [4.78, 5) is 2.92. The maximum absolute atomic E-state index is 5.67. The number of nitrogens with two attached hydrogens (primary N) is 1. The van der Waals surface area contributed by atoms with Gasteiger partial charge in [-0.1, -0.05) is 19.1 Å². The standard InChI is InChI=1S/C9H18N2OS/c1-3-8(9(10)13)11-4-5-12-7(2)6-11/h7-8H,3-6H2,1-2H3,(H2,10,13). The maximum atomic E-state index is 5.67. The first kappa shape index (κ1) is 10.9. The zero-order valence-corrected chi connectivity index (χ0v) is 9.14. The van der Waals surface area contributed by atoms with Crippen LogP contribution in [0.4, 0.5) is 0 Å². The molecule has 0 aromatic rings. The second-order valence-corrected chi connectivity index (χ2v) is 3.97. The minimum Gasteiger partial charge on any atom is -0.392 e. The van der Waals surface area contributed by atoms with Gasteiger partial charge in [-0.25, -0.2) is 0 Å². The highest BCUT2D eigenvalue weighted by Gasteiger charge is 2.24. The SMILES string of the molecule is CCC(C(N)=S)N1CCOC(C)C1. The van der Waals surface area contributed by atoms with Crippen molar-refractivity contribution in [3.05, 3.63) is 0 Å². The lowest BCUT2D eigenvalue weighted by Gasteiger charge is -2.36. The van der Waals surface area contributed by atoms with E-state index in [0.717, 1.165) is 26.1 Å². The van der Waals surface area contributed by atoms with Gasteiger partial charge in [0.1, 0.15) is 0 Å². The summed E-state index contributed by atoms with van der Waals surface area (Å²) in [5.41, 5.74) is 5.67. The van der Waals surface area contributed by atoms with Crippen LogP contribution in [0.15, 0.2) is 0 Å². The van der Waals surface area contributed by atoms with Crippen LogP contribution in [0, 0.1) is 0 Å². The Morgan fingerprint density at radius 2 is 2.46 bits per heavy atom. The van der Waals surface area contributed by atoms with Gasteiger partial charge in [-0.3, -0.25) is 4.90 Å². The third-order valence-electron chi connectivity index (χ3n) is 2.43. The van der Waals surface area contributed by atoms with E-state index in [4.69, 9.17) is 22.7 Å². The van der Waals surface area contributed by atoms with Gasteiger partial charge in [0.2, 0.25) is 0 Å². The number of nitrogens with zero attached hydrogens (tertiary/aromatic N) is 1. The molecule has 4 heteroatoms. The first-order valence-corrected chi connectivity index (χ1v) is 5.21. The summed E-state index contributed by atoms with van der Waals surface area (Å²) in [5.74, 6) is 0. The van der Waals surface area contributed by atoms with Crippen LogP contribution in [0.3, 0.4) is 0 Å². The molecule has 1 saturated heterocycles. The van der Waals surface area contributed by atoms with Crippen molar-refractivity contribution in [3.8, 4) is 0 Å².